The lowest BCUT2D eigenvalue weighted by Crippen LogP contribution is -2.49. The minimum absolute atomic E-state index is 0.179. The molecule has 17 heavy (non-hydrogen) atoms. The van der Waals surface area contributed by atoms with Gasteiger partial charge in [-0.15, -0.1) is 0 Å². The first-order valence-electron chi connectivity index (χ1n) is 5.79. The SMILES string of the molecule is Cc1cccc(CCN2CCC(=O)NC2=O)c1. The Kier molecular flexibility index (Phi) is 3.42. The Hall–Kier alpha value is -1.84. The maximum atomic E-state index is 11.5. The number of nitrogens with zero attached hydrogens (tertiary/aromatic N) is 1. The van der Waals surface area contributed by atoms with E-state index < -0.39 is 0 Å². The molecule has 0 bridgehead atoms. The molecular formula is C13H16N2O2. The second kappa shape index (κ2) is 4.99. The van der Waals surface area contributed by atoms with Crippen LogP contribution in [-0.2, 0) is 11.2 Å². The van der Waals surface area contributed by atoms with Gasteiger partial charge in [0.05, 0.1) is 0 Å². The molecule has 0 spiro atoms. The number of rotatable bonds is 3. The van der Waals surface area contributed by atoms with Gasteiger partial charge in [0.2, 0.25) is 5.91 Å². The lowest BCUT2D eigenvalue weighted by molar-refractivity contribution is -0.121. The van der Waals surface area contributed by atoms with Crippen molar-refractivity contribution in [3.05, 3.63) is 35.4 Å². The molecule has 0 aromatic heterocycles. The number of carbonyl (C=O) groups is 2. The highest BCUT2D eigenvalue weighted by Crippen LogP contribution is 2.07. The van der Waals surface area contributed by atoms with Crippen LogP contribution in [0, 0.1) is 6.92 Å². The normalized spacial score (nSPS) is 15.9. The highest BCUT2D eigenvalue weighted by atomic mass is 16.2. The second-order valence-corrected chi connectivity index (χ2v) is 4.33. The summed E-state index contributed by atoms with van der Waals surface area (Å²) in [6, 6.07) is 7.97. The number of carbonyl (C=O) groups excluding carboxylic acids is 2. The van der Waals surface area contributed by atoms with Gasteiger partial charge in [-0.1, -0.05) is 29.8 Å². The van der Waals surface area contributed by atoms with Crippen molar-refractivity contribution in [3.63, 3.8) is 0 Å². The van der Waals surface area contributed by atoms with Gasteiger partial charge in [0.1, 0.15) is 0 Å². The van der Waals surface area contributed by atoms with E-state index in [-0.39, 0.29) is 11.9 Å². The molecule has 2 rings (SSSR count). The smallest absolute Gasteiger partial charge is 0.324 e. The third-order valence-electron chi connectivity index (χ3n) is 2.90. The van der Waals surface area contributed by atoms with Crippen LogP contribution in [0.25, 0.3) is 0 Å². The fourth-order valence-corrected chi connectivity index (χ4v) is 1.94. The number of urea groups is 1. The summed E-state index contributed by atoms with van der Waals surface area (Å²) in [5, 5.41) is 2.33. The number of aryl methyl sites for hydroxylation is 1. The quantitative estimate of drug-likeness (QED) is 0.858. The van der Waals surface area contributed by atoms with Crippen LogP contribution in [0.1, 0.15) is 17.5 Å². The van der Waals surface area contributed by atoms with Gasteiger partial charge in [0.25, 0.3) is 0 Å². The Morgan fingerprint density at radius 3 is 2.88 bits per heavy atom. The summed E-state index contributed by atoms with van der Waals surface area (Å²) in [7, 11) is 0. The van der Waals surface area contributed by atoms with Crippen molar-refractivity contribution in [1.29, 1.82) is 0 Å². The molecule has 1 N–H and O–H groups in total. The molecule has 0 atom stereocenters. The summed E-state index contributed by atoms with van der Waals surface area (Å²) in [6.45, 7) is 3.23. The molecule has 1 aliphatic rings. The van der Waals surface area contributed by atoms with Gasteiger partial charge in [-0.2, -0.15) is 0 Å². The van der Waals surface area contributed by atoms with Crippen LogP contribution in [-0.4, -0.2) is 29.9 Å². The van der Waals surface area contributed by atoms with Gasteiger partial charge in [-0.05, 0) is 18.9 Å². The molecule has 4 nitrogen and oxygen atoms in total. The largest absolute Gasteiger partial charge is 0.324 e. The number of benzene rings is 1. The lowest BCUT2D eigenvalue weighted by Gasteiger charge is -2.26. The van der Waals surface area contributed by atoms with Crippen LogP contribution in [0.5, 0.6) is 0 Å². The van der Waals surface area contributed by atoms with Gasteiger partial charge in [-0.25, -0.2) is 4.79 Å². The zero-order chi connectivity index (χ0) is 12.3. The zero-order valence-corrected chi connectivity index (χ0v) is 9.90. The summed E-state index contributed by atoms with van der Waals surface area (Å²) in [5.74, 6) is -0.179. The highest BCUT2D eigenvalue weighted by Gasteiger charge is 2.22. The van der Waals surface area contributed by atoms with Gasteiger partial charge in [0.15, 0.2) is 0 Å². The average molecular weight is 232 g/mol. The van der Waals surface area contributed by atoms with E-state index in [4.69, 9.17) is 0 Å². The summed E-state index contributed by atoms with van der Waals surface area (Å²) < 4.78 is 0. The molecular weight excluding hydrogens is 216 g/mol. The molecule has 3 amide bonds. The molecule has 1 fully saturated rings. The monoisotopic (exact) mass is 232 g/mol. The van der Waals surface area contributed by atoms with Gasteiger partial charge in [0, 0.05) is 19.5 Å². The summed E-state index contributed by atoms with van der Waals surface area (Å²) in [5.41, 5.74) is 2.44. The Balaban J connectivity index is 1.90. The predicted molar refractivity (Wildman–Crippen MR) is 64.6 cm³/mol. The summed E-state index contributed by atoms with van der Waals surface area (Å²) in [4.78, 5) is 24.2. The summed E-state index contributed by atoms with van der Waals surface area (Å²) in [6.07, 6.45) is 1.23. The van der Waals surface area contributed by atoms with Crippen molar-refractivity contribution in [1.82, 2.24) is 10.2 Å². The second-order valence-electron chi connectivity index (χ2n) is 4.33. The van der Waals surface area contributed by atoms with Gasteiger partial charge >= 0.3 is 6.03 Å². The number of hydrogen-bond acceptors (Lipinski definition) is 2. The van der Waals surface area contributed by atoms with Crippen LogP contribution in [0.2, 0.25) is 0 Å². The molecule has 1 aliphatic heterocycles. The Morgan fingerprint density at radius 1 is 1.35 bits per heavy atom. The Labute approximate surface area is 101 Å². The average Bonchev–Trinajstić information content (AvgIpc) is 2.28. The third kappa shape index (κ3) is 3.06. The fraction of sp³-hybridized carbons (Fsp3) is 0.385. The maximum Gasteiger partial charge on any atom is 0.324 e. The summed E-state index contributed by atoms with van der Waals surface area (Å²) >= 11 is 0. The molecule has 4 heteroatoms. The molecule has 0 radical (unpaired) electrons. The zero-order valence-electron chi connectivity index (χ0n) is 9.90. The molecule has 1 saturated heterocycles. The van der Waals surface area contributed by atoms with Crippen LogP contribution >= 0.6 is 0 Å². The number of amides is 3. The van der Waals surface area contributed by atoms with E-state index in [1.807, 2.05) is 6.07 Å². The minimum Gasteiger partial charge on any atom is -0.324 e. The molecule has 1 aromatic rings. The van der Waals surface area contributed by atoms with E-state index in [0.717, 1.165) is 6.42 Å². The van der Waals surface area contributed by atoms with E-state index in [0.29, 0.717) is 19.5 Å². The van der Waals surface area contributed by atoms with Crippen molar-refractivity contribution in [2.24, 2.45) is 0 Å². The Morgan fingerprint density at radius 2 is 2.18 bits per heavy atom. The van der Waals surface area contributed by atoms with Crippen LogP contribution in [0.15, 0.2) is 24.3 Å². The van der Waals surface area contributed by atoms with Crippen molar-refractivity contribution in [2.75, 3.05) is 13.1 Å². The predicted octanol–water partition coefficient (Wildman–Crippen LogP) is 1.48. The van der Waals surface area contributed by atoms with E-state index >= 15 is 0 Å². The van der Waals surface area contributed by atoms with Crippen molar-refractivity contribution >= 4 is 11.9 Å². The first-order valence-corrected chi connectivity index (χ1v) is 5.79. The first-order chi connectivity index (χ1) is 8.15. The van der Waals surface area contributed by atoms with Crippen LogP contribution < -0.4 is 5.32 Å². The molecule has 1 aromatic carbocycles. The van der Waals surface area contributed by atoms with Crippen molar-refractivity contribution in [2.45, 2.75) is 19.8 Å². The topological polar surface area (TPSA) is 49.4 Å². The molecule has 90 valence electrons. The highest BCUT2D eigenvalue weighted by molar-refractivity contribution is 5.96. The number of imide groups is 1. The minimum atomic E-state index is -0.270. The third-order valence-corrected chi connectivity index (χ3v) is 2.90. The van der Waals surface area contributed by atoms with Gasteiger partial charge in [-0.3, -0.25) is 10.1 Å². The number of nitrogens with one attached hydrogen (secondary N) is 1. The molecule has 0 saturated carbocycles. The van der Waals surface area contributed by atoms with E-state index in [1.165, 1.54) is 11.1 Å². The standard InChI is InChI=1S/C13H16N2O2/c1-10-3-2-4-11(9-10)5-7-15-8-6-12(16)14-13(15)17/h2-4,9H,5-8H2,1H3,(H,14,16,17). The molecule has 0 aliphatic carbocycles. The lowest BCUT2D eigenvalue weighted by atomic mass is 10.1. The van der Waals surface area contributed by atoms with Crippen LogP contribution in [0.3, 0.4) is 0 Å². The first kappa shape index (κ1) is 11.6. The van der Waals surface area contributed by atoms with E-state index in [2.05, 4.69) is 30.4 Å². The van der Waals surface area contributed by atoms with E-state index in [9.17, 15) is 9.59 Å². The molecule has 0 unspecified atom stereocenters. The Bertz CT molecular complexity index is 443. The van der Waals surface area contributed by atoms with Crippen molar-refractivity contribution < 1.29 is 9.59 Å². The van der Waals surface area contributed by atoms with E-state index in [1.54, 1.807) is 4.90 Å². The molecule has 1 heterocycles. The fourth-order valence-electron chi connectivity index (χ4n) is 1.94. The maximum absolute atomic E-state index is 11.5. The van der Waals surface area contributed by atoms with Crippen LogP contribution in [0.4, 0.5) is 4.79 Å². The van der Waals surface area contributed by atoms with Crippen molar-refractivity contribution in [3.8, 4) is 0 Å². The number of hydrogen-bond donors (Lipinski definition) is 1. The van der Waals surface area contributed by atoms with Gasteiger partial charge < -0.3 is 4.90 Å².